The SMILES string of the molecule is CC(C)C[C@@H](C(=O)N[C@@H](C)C(=O)N1C[C@H](O)C[C@H]1C(=O)N[C@@H](C)c1ccc(Cl)cc1)N1CCN(CCCc2ccc(C(=O)N[C@H]3C(C)(C)[C@H](Oc4ccc(C#N)c(Cl)c4)C3(C)C)cc2)CC1. The van der Waals surface area contributed by atoms with E-state index < -0.39 is 30.1 Å². The molecule has 2 heterocycles. The van der Waals surface area contributed by atoms with E-state index in [1.54, 1.807) is 37.3 Å². The number of piperazine rings is 1. The number of ether oxygens (including phenoxy) is 1. The van der Waals surface area contributed by atoms with Gasteiger partial charge in [-0.25, -0.2) is 0 Å². The molecule has 6 rings (SSSR count). The minimum Gasteiger partial charge on any atom is -0.489 e. The van der Waals surface area contributed by atoms with Crippen molar-refractivity contribution in [2.75, 3.05) is 39.3 Å². The Labute approximate surface area is 400 Å². The number of nitrogens with one attached hydrogen (secondary N) is 3. The number of aryl methyl sites for hydroxylation is 1. The van der Waals surface area contributed by atoms with Crippen LogP contribution in [0.1, 0.15) is 108 Å². The number of hydrogen-bond donors (Lipinski definition) is 4. The van der Waals surface area contributed by atoms with Gasteiger partial charge in [0.05, 0.1) is 28.8 Å². The van der Waals surface area contributed by atoms with Crippen molar-refractivity contribution in [3.05, 3.63) is 99.0 Å². The Morgan fingerprint density at radius 1 is 0.894 bits per heavy atom. The lowest BCUT2D eigenvalue weighted by Gasteiger charge is -2.63. The van der Waals surface area contributed by atoms with Gasteiger partial charge in [0.1, 0.15) is 30.0 Å². The Hall–Kier alpha value is -4.71. The number of aliphatic hydroxyl groups excluding tert-OH is 1. The average molecular weight is 945 g/mol. The van der Waals surface area contributed by atoms with Crippen molar-refractivity contribution < 1.29 is 29.0 Å². The van der Waals surface area contributed by atoms with Gasteiger partial charge in [-0.1, -0.05) is 89.0 Å². The number of aliphatic hydroxyl groups is 1. The van der Waals surface area contributed by atoms with Crippen LogP contribution >= 0.6 is 23.2 Å². The van der Waals surface area contributed by atoms with Crippen molar-refractivity contribution in [2.24, 2.45) is 16.7 Å². The van der Waals surface area contributed by atoms with Crippen molar-refractivity contribution in [2.45, 2.75) is 123 Å². The molecule has 0 bridgehead atoms. The van der Waals surface area contributed by atoms with E-state index in [4.69, 9.17) is 27.9 Å². The predicted molar refractivity (Wildman–Crippen MR) is 257 cm³/mol. The van der Waals surface area contributed by atoms with E-state index in [9.17, 15) is 29.5 Å². The monoisotopic (exact) mass is 943 g/mol. The van der Waals surface area contributed by atoms with Gasteiger partial charge in [0.25, 0.3) is 5.91 Å². The van der Waals surface area contributed by atoms with Crippen LogP contribution in [0.25, 0.3) is 0 Å². The van der Waals surface area contributed by atoms with Crippen molar-refractivity contribution in [1.82, 2.24) is 30.7 Å². The van der Waals surface area contributed by atoms with Gasteiger partial charge >= 0.3 is 0 Å². The summed E-state index contributed by atoms with van der Waals surface area (Å²) in [5.74, 6) is -0.264. The number of rotatable bonds is 17. The van der Waals surface area contributed by atoms with Gasteiger partial charge in [-0.2, -0.15) is 5.26 Å². The van der Waals surface area contributed by atoms with E-state index in [1.807, 2.05) is 43.3 Å². The summed E-state index contributed by atoms with van der Waals surface area (Å²) >= 11 is 12.3. The maximum Gasteiger partial charge on any atom is 0.251 e. The van der Waals surface area contributed by atoms with Gasteiger partial charge in [0, 0.05) is 72.7 Å². The van der Waals surface area contributed by atoms with Crippen LogP contribution in [0, 0.1) is 28.1 Å². The molecule has 5 atom stereocenters. The van der Waals surface area contributed by atoms with Crippen LogP contribution in [0.15, 0.2) is 66.7 Å². The third-order valence-corrected chi connectivity index (χ3v) is 14.3. The zero-order valence-electron chi connectivity index (χ0n) is 39.6. The third kappa shape index (κ3) is 11.9. The number of likely N-dealkylation sites (tertiary alicyclic amines) is 1. The number of carbonyl (C=O) groups excluding carboxylic acids is 4. The Bertz CT molecular complexity index is 2220. The number of nitrogens with zero attached hydrogens (tertiary/aromatic N) is 4. The highest BCUT2D eigenvalue weighted by Crippen LogP contribution is 2.55. The van der Waals surface area contributed by atoms with E-state index in [2.05, 4.69) is 73.4 Å². The highest BCUT2D eigenvalue weighted by atomic mass is 35.5. The largest absolute Gasteiger partial charge is 0.489 e. The summed E-state index contributed by atoms with van der Waals surface area (Å²) in [5.41, 5.74) is 2.29. The van der Waals surface area contributed by atoms with Crippen LogP contribution in [0.5, 0.6) is 5.75 Å². The quantitative estimate of drug-likeness (QED) is 0.114. The highest BCUT2D eigenvalue weighted by Gasteiger charge is 2.64. The molecule has 0 unspecified atom stereocenters. The first-order chi connectivity index (χ1) is 31.2. The molecular weight excluding hydrogens is 878 g/mol. The van der Waals surface area contributed by atoms with Gasteiger partial charge in [-0.15, -0.1) is 0 Å². The summed E-state index contributed by atoms with van der Waals surface area (Å²) in [6.45, 7) is 20.0. The second-order valence-corrected chi connectivity index (χ2v) is 20.9. The number of benzene rings is 3. The summed E-state index contributed by atoms with van der Waals surface area (Å²) in [6, 6.07) is 19.5. The van der Waals surface area contributed by atoms with E-state index in [1.165, 1.54) is 4.90 Å². The Kier molecular flexibility index (Phi) is 16.5. The van der Waals surface area contributed by atoms with E-state index in [0.29, 0.717) is 46.4 Å². The molecule has 13 nitrogen and oxygen atoms in total. The third-order valence-electron chi connectivity index (χ3n) is 13.8. The normalized spacial score (nSPS) is 22.9. The summed E-state index contributed by atoms with van der Waals surface area (Å²) < 4.78 is 6.38. The fraction of sp³-hybridized carbons (Fsp3) is 0.549. The lowest BCUT2D eigenvalue weighted by atomic mass is 9.49. The average Bonchev–Trinajstić information content (AvgIpc) is 3.68. The molecule has 3 aliphatic rings. The van der Waals surface area contributed by atoms with Crippen molar-refractivity contribution in [1.29, 1.82) is 5.26 Å². The molecule has 0 aromatic heterocycles. The second kappa shape index (κ2) is 21.5. The molecule has 15 heteroatoms. The predicted octanol–water partition coefficient (Wildman–Crippen LogP) is 6.79. The maximum absolute atomic E-state index is 13.9. The zero-order valence-corrected chi connectivity index (χ0v) is 41.1. The van der Waals surface area contributed by atoms with E-state index >= 15 is 0 Å². The molecule has 2 saturated heterocycles. The fourth-order valence-corrected chi connectivity index (χ4v) is 10.7. The highest BCUT2D eigenvalue weighted by molar-refractivity contribution is 6.31. The summed E-state index contributed by atoms with van der Waals surface area (Å²) in [6.07, 6.45) is 1.53. The lowest BCUT2D eigenvalue weighted by molar-refractivity contribution is -0.164. The lowest BCUT2D eigenvalue weighted by Crippen LogP contribution is -2.74. The smallest absolute Gasteiger partial charge is 0.251 e. The standard InChI is InChI=1S/C51H67Cl2N7O6/c1-31(2)26-42(45(63)56-33(4)47(65)60-30-39(61)27-43(60)46(64)55-32(3)35-15-18-38(52)19-16-35)59-24-22-58(23-25-59)21-9-10-34-11-13-36(14-12-34)44(62)57-48-50(5,6)49(51(48,7)8)66-40-20-17-37(29-54)41(53)28-40/h11-20,28,31-33,39,42-43,48-49,61H,9-10,21-27,30H2,1-8H3,(H,55,64)(H,56,63)(H,57,62)/t32-,33-,39+,42-,43-,48-,49-/m0/s1. The summed E-state index contributed by atoms with van der Waals surface area (Å²) in [4.78, 5) is 60.6. The molecule has 2 aliphatic heterocycles. The Morgan fingerprint density at radius 3 is 2.15 bits per heavy atom. The van der Waals surface area contributed by atoms with Crippen LogP contribution in [-0.2, 0) is 20.8 Å². The second-order valence-electron chi connectivity index (χ2n) is 20.0. The van der Waals surface area contributed by atoms with Gasteiger partial charge in [0.2, 0.25) is 17.7 Å². The van der Waals surface area contributed by atoms with Crippen LogP contribution in [0.3, 0.4) is 0 Å². The first kappa shape index (κ1) is 50.7. The summed E-state index contributed by atoms with van der Waals surface area (Å²) in [5, 5.41) is 29.9. The Balaban J connectivity index is 0.943. The number of amides is 4. The fourth-order valence-electron chi connectivity index (χ4n) is 10.4. The first-order valence-electron chi connectivity index (χ1n) is 23.3. The number of halogens is 2. The molecule has 0 radical (unpaired) electrons. The molecule has 4 amide bonds. The van der Waals surface area contributed by atoms with E-state index in [0.717, 1.165) is 43.6 Å². The Morgan fingerprint density at radius 2 is 1.55 bits per heavy atom. The van der Waals surface area contributed by atoms with Crippen LogP contribution in [0.2, 0.25) is 10.0 Å². The first-order valence-corrected chi connectivity index (χ1v) is 24.0. The minimum absolute atomic E-state index is 0.0161. The van der Waals surface area contributed by atoms with Gasteiger partial charge < -0.3 is 35.6 Å². The van der Waals surface area contributed by atoms with E-state index in [-0.39, 0.29) is 65.6 Å². The number of β-amino-alcohol motifs (C(OH)–C–C–N with tert-alkyl or cyclic N) is 1. The summed E-state index contributed by atoms with van der Waals surface area (Å²) in [7, 11) is 0. The van der Waals surface area contributed by atoms with Crippen LogP contribution < -0.4 is 20.7 Å². The molecule has 3 aromatic rings. The number of nitriles is 1. The van der Waals surface area contributed by atoms with Gasteiger partial charge in [-0.3, -0.25) is 24.1 Å². The molecule has 3 fully saturated rings. The minimum atomic E-state index is -0.885. The van der Waals surface area contributed by atoms with Gasteiger partial charge in [0.15, 0.2) is 0 Å². The maximum atomic E-state index is 13.9. The molecule has 1 saturated carbocycles. The van der Waals surface area contributed by atoms with Crippen molar-refractivity contribution in [3.8, 4) is 11.8 Å². The molecule has 4 N–H and O–H groups in total. The number of carbonyl (C=O) groups is 4. The molecule has 1 aliphatic carbocycles. The topological polar surface area (TPSA) is 167 Å². The van der Waals surface area contributed by atoms with Crippen LogP contribution in [0.4, 0.5) is 0 Å². The van der Waals surface area contributed by atoms with Crippen LogP contribution in [-0.4, -0.2) is 119 Å². The number of hydrogen-bond acceptors (Lipinski definition) is 9. The molecule has 3 aromatic carbocycles. The van der Waals surface area contributed by atoms with Crippen molar-refractivity contribution in [3.63, 3.8) is 0 Å². The molecular formula is C51H67Cl2N7O6. The molecule has 66 heavy (non-hydrogen) atoms. The van der Waals surface area contributed by atoms with Gasteiger partial charge in [-0.05, 0) is 93.1 Å². The molecule has 0 spiro atoms. The zero-order chi connectivity index (χ0) is 48.1. The van der Waals surface area contributed by atoms with Crippen molar-refractivity contribution >= 4 is 46.8 Å². The molecule has 356 valence electrons.